The van der Waals surface area contributed by atoms with Gasteiger partial charge in [-0.05, 0) is 25.1 Å². The zero-order chi connectivity index (χ0) is 12.1. The van der Waals surface area contributed by atoms with Gasteiger partial charge < -0.3 is 5.73 Å². The van der Waals surface area contributed by atoms with Gasteiger partial charge in [-0.2, -0.15) is 0 Å². The molecule has 0 spiro atoms. The summed E-state index contributed by atoms with van der Waals surface area (Å²) in [6, 6.07) is 8.14. The van der Waals surface area contributed by atoms with Gasteiger partial charge in [0.05, 0.1) is 6.04 Å². The van der Waals surface area contributed by atoms with Crippen molar-refractivity contribution in [2.24, 2.45) is 5.73 Å². The van der Waals surface area contributed by atoms with Crippen molar-refractivity contribution in [3.8, 4) is 0 Å². The summed E-state index contributed by atoms with van der Waals surface area (Å²) in [6.45, 7) is 2.84. The van der Waals surface area contributed by atoms with Crippen LogP contribution in [0.25, 0.3) is 0 Å². The summed E-state index contributed by atoms with van der Waals surface area (Å²) in [6.07, 6.45) is 0.857. The second-order valence-corrected chi connectivity index (χ2v) is 4.74. The predicted octanol–water partition coefficient (Wildman–Crippen LogP) is 2.60. The number of nitrogens with two attached hydrogens (primary N) is 1. The van der Waals surface area contributed by atoms with E-state index in [9.17, 15) is 0 Å². The average molecular weight is 284 g/mol. The molecule has 0 bridgehead atoms. The normalized spacial score (nSPS) is 12.8. The molecule has 16 heavy (non-hydrogen) atoms. The minimum Gasteiger partial charge on any atom is -0.386 e. The molecule has 1 aromatic rings. The fourth-order valence-electron chi connectivity index (χ4n) is 1.77. The quantitative estimate of drug-likeness (QED) is 0.645. The molecule has 3 N–H and O–H groups in total. The monoisotopic (exact) mass is 283 g/mol. The van der Waals surface area contributed by atoms with Gasteiger partial charge in [0.25, 0.3) is 0 Å². The molecule has 1 atom stereocenters. The third kappa shape index (κ3) is 3.32. The molecule has 4 heteroatoms. The maximum atomic E-state index is 7.53. The molecule has 0 fully saturated rings. The maximum absolute atomic E-state index is 7.53. The van der Waals surface area contributed by atoms with Crippen LogP contribution in [-0.2, 0) is 6.54 Å². The molecule has 3 nitrogen and oxygen atoms in total. The molecule has 0 radical (unpaired) electrons. The lowest BCUT2D eigenvalue weighted by Gasteiger charge is -2.26. The lowest BCUT2D eigenvalue weighted by molar-refractivity contribution is 0.280. The molecule has 0 aliphatic rings. The summed E-state index contributed by atoms with van der Waals surface area (Å²) in [5.74, 6) is 0.233. The summed E-state index contributed by atoms with van der Waals surface area (Å²) in [7, 11) is 2.00. The van der Waals surface area contributed by atoms with Gasteiger partial charge in [0.1, 0.15) is 5.84 Å². The molecule has 0 saturated carbocycles. The van der Waals surface area contributed by atoms with Crippen molar-refractivity contribution < 1.29 is 0 Å². The number of likely N-dealkylation sites (N-methyl/N-ethyl adjacent to an activating group) is 1. The molecule has 0 saturated heterocycles. The SMILES string of the molecule is CCC(C(=N)N)N(C)Cc1ccccc1Br. The van der Waals surface area contributed by atoms with Crippen LogP contribution in [0.15, 0.2) is 28.7 Å². The van der Waals surface area contributed by atoms with Gasteiger partial charge in [-0.3, -0.25) is 10.3 Å². The Morgan fingerprint density at radius 3 is 2.62 bits per heavy atom. The highest BCUT2D eigenvalue weighted by molar-refractivity contribution is 9.10. The van der Waals surface area contributed by atoms with E-state index in [0.29, 0.717) is 0 Å². The number of hydrogen-bond acceptors (Lipinski definition) is 2. The maximum Gasteiger partial charge on any atom is 0.108 e. The molecular weight excluding hydrogens is 266 g/mol. The molecule has 0 aliphatic carbocycles. The second kappa shape index (κ2) is 6.01. The summed E-state index contributed by atoms with van der Waals surface area (Å²) in [5, 5.41) is 7.53. The highest BCUT2D eigenvalue weighted by atomic mass is 79.9. The summed E-state index contributed by atoms with van der Waals surface area (Å²) in [4.78, 5) is 2.10. The van der Waals surface area contributed by atoms with Gasteiger partial charge in [-0.15, -0.1) is 0 Å². The van der Waals surface area contributed by atoms with Crippen molar-refractivity contribution in [1.82, 2.24) is 4.90 Å². The highest BCUT2D eigenvalue weighted by Gasteiger charge is 2.16. The first kappa shape index (κ1) is 13.2. The topological polar surface area (TPSA) is 53.1 Å². The van der Waals surface area contributed by atoms with E-state index in [4.69, 9.17) is 11.1 Å². The average Bonchev–Trinajstić information content (AvgIpc) is 2.22. The Labute approximate surface area is 105 Å². The van der Waals surface area contributed by atoms with Crippen LogP contribution in [-0.4, -0.2) is 23.8 Å². The Morgan fingerprint density at radius 1 is 1.50 bits per heavy atom. The summed E-state index contributed by atoms with van der Waals surface area (Å²) >= 11 is 3.52. The van der Waals surface area contributed by atoms with Crippen molar-refractivity contribution in [3.63, 3.8) is 0 Å². The van der Waals surface area contributed by atoms with Crippen LogP contribution in [0.4, 0.5) is 0 Å². The first-order valence-corrected chi connectivity index (χ1v) is 6.13. The molecule has 1 unspecified atom stereocenters. The zero-order valence-corrected chi connectivity index (χ0v) is 11.3. The summed E-state index contributed by atoms with van der Waals surface area (Å²) in [5.41, 5.74) is 6.78. The first-order chi connectivity index (χ1) is 7.56. The molecule has 1 rings (SSSR count). The second-order valence-electron chi connectivity index (χ2n) is 3.89. The smallest absolute Gasteiger partial charge is 0.108 e. The Kier molecular flexibility index (Phi) is 4.96. The fraction of sp³-hybridized carbons (Fsp3) is 0.417. The molecule has 1 aromatic carbocycles. The van der Waals surface area contributed by atoms with Crippen molar-refractivity contribution in [1.29, 1.82) is 5.41 Å². The van der Waals surface area contributed by atoms with Crippen molar-refractivity contribution in [2.45, 2.75) is 25.9 Å². The minimum atomic E-state index is 0.0205. The lowest BCUT2D eigenvalue weighted by Crippen LogP contribution is -2.41. The largest absolute Gasteiger partial charge is 0.386 e. The third-order valence-electron chi connectivity index (χ3n) is 2.66. The minimum absolute atomic E-state index is 0.0205. The van der Waals surface area contributed by atoms with Gasteiger partial charge in [0.2, 0.25) is 0 Å². The standard InChI is InChI=1S/C12H18BrN3/c1-3-11(12(14)15)16(2)8-9-6-4-5-7-10(9)13/h4-7,11H,3,8H2,1-2H3,(H3,14,15). The van der Waals surface area contributed by atoms with E-state index in [2.05, 4.69) is 26.9 Å². The number of rotatable bonds is 5. The van der Waals surface area contributed by atoms with Gasteiger partial charge in [-0.25, -0.2) is 0 Å². The van der Waals surface area contributed by atoms with E-state index in [-0.39, 0.29) is 11.9 Å². The number of nitrogens with one attached hydrogen (secondary N) is 1. The van der Waals surface area contributed by atoms with E-state index >= 15 is 0 Å². The van der Waals surface area contributed by atoms with Crippen LogP contribution < -0.4 is 5.73 Å². The Hall–Kier alpha value is -0.870. The van der Waals surface area contributed by atoms with Crippen LogP contribution in [0.3, 0.4) is 0 Å². The van der Waals surface area contributed by atoms with E-state index < -0.39 is 0 Å². The number of nitrogens with zero attached hydrogens (tertiary/aromatic N) is 1. The zero-order valence-electron chi connectivity index (χ0n) is 9.70. The Balaban J connectivity index is 2.74. The third-order valence-corrected chi connectivity index (χ3v) is 3.43. The van der Waals surface area contributed by atoms with Crippen molar-refractivity contribution in [2.75, 3.05) is 7.05 Å². The van der Waals surface area contributed by atoms with Crippen LogP contribution in [0.1, 0.15) is 18.9 Å². The van der Waals surface area contributed by atoms with Gasteiger partial charge in [0, 0.05) is 11.0 Å². The Bertz CT molecular complexity index is 365. The van der Waals surface area contributed by atoms with E-state index in [1.807, 2.05) is 32.2 Å². The van der Waals surface area contributed by atoms with Crippen LogP contribution in [0, 0.1) is 5.41 Å². The summed E-state index contributed by atoms with van der Waals surface area (Å²) < 4.78 is 1.10. The number of benzene rings is 1. The number of hydrogen-bond donors (Lipinski definition) is 2. The molecular formula is C12H18BrN3. The van der Waals surface area contributed by atoms with Crippen LogP contribution in [0.2, 0.25) is 0 Å². The van der Waals surface area contributed by atoms with Crippen molar-refractivity contribution in [3.05, 3.63) is 34.3 Å². The van der Waals surface area contributed by atoms with Crippen molar-refractivity contribution >= 4 is 21.8 Å². The Morgan fingerprint density at radius 2 is 2.12 bits per heavy atom. The van der Waals surface area contributed by atoms with E-state index in [1.165, 1.54) is 5.56 Å². The molecule has 88 valence electrons. The number of halogens is 1. The van der Waals surface area contributed by atoms with Gasteiger partial charge >= 0.3 is 0 Å². The van der Waals surface area contributed by atoms with Crippen LogP contribution >= 0.6 is 15.9 Å². The van der Waals surface area contributed by atoms with E-state index in [1.54, 1.807) is 0 Å². The number of amidine groups is 1. The highest BCUT2D eigenvalue weighted by Crippen LogP contribution is 2.18. The van der Waals surface area contributed by atoms with Gasteiger partial charge in [-0.1, -0.05) is 41.1 Å². The lowest BCUT2D eigenvalue weighted by atomic mass is 10.1. The fourth-order valence-corrected chi connectivity index (χ4v) is 2.18. The molecule has 0 amide bonds. The molecule has 0 aromatic heterocycles. The molecule has 0 aliphatic heterocycles. The van der Waals surface area contributed by atoms with E-state index in [0.717, 1.165) is 17.4 Å². The predicted molar refractivity (Wildman–Crippen MR) is 71.6 cm³/mol. The molecule has 0 heterocycles. The first-order valence-electron chi connectivity index (χ1n) is 5.33. The van der Waals surface area contributed by atoms with Crippen LogP contribution in [0.5, 0.6) is 0 Å². The van der Waals surface area contributed by atoms with Gasteiger partial charge in [0.15, 0.2) is 0 Å².